The van der Waals surface area contributed by atoms with Crippen LogP contribution in [0, 0.1) is 18.3 Å². The minimum absolute atomic E-state index is 0.123. The molecule has 1 saturated carbocycles. The van der Waals surface area contributed by atoms with Crippen LogP contribution in [0.2, 0.25) is 0 Å². The molecule has 1 aliphatic rings. The van der Waals surface area contributed by atoms with Gasteiger partial charge in [0.05, 0.1) is 5.03 Å². The van der Waals surface area contributed by atoms with Crippen LogP contribution in [0.15, 0.2) is 17.2 Å². The number of thioether (sulfide) groups is 1. The fourth-order valence-corrected chi connectivity index (χ4v) is 3.41. The molecule has 1 fully saturated rings. The van der Waals surface area contributed by atoms with Crippen molar-refractivity contribution in [3.8, 4) is 0 Å². The van der Waals surface area contributed by atoms with Gasteiger partial charge in [-0.25, -0.2) is 4.98 Å². The van der Waals surface area contributed by atoms with Crippen LogP contribution in [-0.2, 0) is 0 Å². The van der Waals surface area contributed by atoms with Crippen LogP contribution in [0.25, 0.3) is 0 Å². The van der Waals surface area contributed by atoms with E-state index in [1.165, 1.54) is 25.7 Å². The topological polar surface area (TPSA) is 62.8 Å². The Morgan fingerprint density at radius 2 is 2.18 bits per heavy atom. The van der Waals surface area contributed by atoms with Crippen LogP contribution in [0.5, 0.6) is 0 Å². The molecule has 0 saturated heterocycles. The maximum absolute atomic E-state index is 7.47. The van der Waals surface area contributed by atoms with Crippen molar-refractivity contribution in [1.82, 2.24) is 4.98 Å². The van der Waals surface area contributed by atoms with Crippen molar-refractivity contribution in [2.45, 2.75) is 37.6 Å². The van der Waals surface area contributed by atoms with Gasteiger partial charge in [0.2, 0.25) is 0 Å². The summed E-state index contributed by atoms with van der Waals surface area (Å²) in [6.07, 6.45) is 5.48. The number of hydrogen-bond donors (Lipinski definition) is 2. The molecule has 3 N–H and O–H groups in total. The van der Waals surface area contributed by atoms with E-state index in [0.717, 1.165) is 28.0 Å². The zero-order chi connectivity index (χ0) is 12.3. The molecule has 1 heterocycles. The van der Waals surface area contributed by atoms with Gasteiger partial charge in [0.15, 0.2) is 0 Å². The third-order valence-corrected chi connectivity index (χ3v) is 4.33. The highest BCUT2D eigenvalue weighted by atomic mass is 32.2. The first kappa shape index (κ1) is 12.4. The summed E-state index contributed by atoms with van der Waals surface area (Å²) in [4.78, 5) is 4.49. The summed E-state index contributed by atoms with van der Waals surface area (Å²) < 4.78 is 0. The van der Waals surface area contributed by atoms with Gasteiger partial charge in [-0.1, -0.05) is 12.8 Å². The van der Waals surface area contributed by atoms with E-state index in [-0.39, 0.29) is 5.84 Å². The van der Waals surface area contributed by atoms with E-state index >= 15 is 0 Å². The molecule has 0 aromatic carbocycles. The second-order valence-corrected chi connectivity index (χ2v) is 5.75. The van der Waals surface area contributed by atoms with Crippen molar-refractivity contribution in [3.63, 3.8) is 0 Å². The highest BCUT2D eigenvalue weighted by Crippen LogP contribution is 2.30. The molecule has 0 radical (unpaired) electrons. The second-order valence-electron chi connectivity index (χ2n) is 4.71. The van der Waals surface area contributed by atoms with Gasteiger partial charge in [0, 0.05) is 17.0 Å². The van der Waals surface area contributed by atoms with Crippen molar-refractivity contribution in [2.75, 3.05) is 5.75 Å². The summed E-state index contributed by atoms with van der Waals surface area (Å²) in [5.74, 6) is 2.12. The van der Waals surface area contributed by atoms with Crippen molar-refractivity contribution in [1.29, 1.82) is 5.41 Å². The third-order valence-electron chi connectivity index (χ3n) is 3.18. The number of nitrogens with zero attached hydrogens (tertiary/aromatic N) is 1. The van der Waals surface area contributed by atoms with Crippen LogP contribution in [-0.4, -0.2) is 16.6 Å². The average Bonchev–Trinajstić information content (AvgIpc) is 2.78. The standard InChI is InChI=1S/C13H19N3S/c1-9-6-11(13(14)15)7-12(16-9)17-8-10-4-2-3-5-10/h6-7,10H,2-5,8H2,1H3,(H3,14,15). The van der Waals surface area contributed by atoms with Gasteiger partial charge >= 0.3 is 0 Å². The summed E-state index contributed by atoms with van der Waals surface area (Å²) in [6, 6.07) is 3.79. The van der Waals surface area contributed by atoms with Crippen molar-refractivity contribution in [2.24, 2.45) is 11.7 Å². The highest BCUT2D eigenvalue weighted by molar-refractivity contribution is 7.99. The first-order chi connectivity index (χ1) is 8.15. The monoisotopic (exact) mass is 249 g/mol. The van der Waals surface area contributed by atoms with Crippen LogP contribution in [0.3, 0.4) is 0 Å². The molecule has 2 rings (SSSR count). The zero-order valence-corrected chi connectivity index (χ0v) is 11.0. The first-order valence-electron chi connectivity index (χ1n) is 6.11. The Bertz CT molecular complexity index is 411. The van der Waals surface area contributed by atoms with Crippen LogP contribution in [0.1, 0.15) is 36.9 Å². The number of amidine groups is 1. The van der Waals surface area contributed by atoms with Crippen molar-refractivity contribution < 1.29 is 0 Å². The van der Waals surface area contributed by atoms with Gasteiger partial charge < -0.3 is 5.73 Å². The van der Waals surface area contributed by atoms with Gasteiger partial charge in [-0.15, -0.1) is 11.8 Å². The summed E-state index contributed by atoms with van der Waals surface area (Å²) >= 11 is 1.80. The van der Waals surface area contributed by atoms with E-state index in [2.05, 4.69) is 4.98 Å². The normalized spacial score (nSPS) is 16.3. The van der Waals surface area contributed by atoms with Crippen molar-refractivity contribution in [3.05, 3.63) is 23.4 Å². The lowest BCUT2D eigenvalue weighted by atomic mass is 10.1. The molecule has 1 aliphatic carbocycles. The maximum Gasteiger partial charge on any atom is 0.122 e. The molecule has 3 nitrogen and oxygen atoms in total. The van der Waals surface area contributed by atoms with Gasteiger partial charge in [-0.2, -0.15) is 0 Å². The average molecular weight is 249 g/mol. The second kappa shape index (κ2) is 5.54. The molecule has 0 aliphatic heterocycles. The molecular weight excluding hydrogens is 230 g/mol. The van der Waals surface area contributed by atoms with E-state index < -0.39 is 0 Å². The molecule has 1 aromatic heterocycles. The van der Waals surface area contributed by atoms with E-state index in [1.807, 2.05) is 19.1 Å². The fourth-order valence-electron chi connectivity index (χ4n) is 2.25. The molecule has 17 heavy (non-hydrogen) atoms. The molecule has 0 spiro atoms. The summed E-state index contributed by atoms with van der Waals surface area (Å²) in [5.41, 5.74) is 7.24. The lowest BCUT2D eigenvalue weighted by molar-refractivity contribution is 0.623. The number of pyridine rings is 1. The lowest BCUT2D eigenvalue weighted by Crippen LogP contribution is -2.12. The summed E-state index contributed by atoms with van der Waals surface area (Å²) in [6.45, 7) is 1.95. The lowest BCUT2D eigenvalue weighted by Gasteiger charge is -2.09. The van der Waals surface area contributed by atoms with Gasteiger partial charge in [0.1, 0.15) is 5.84 Å². The molecule has 4 heteroatoms. The summed E-state index contributed by atoms with van der Waals surface area (Å²) in [7, 11) is 0. The van der Waals surface area contributed by atoms with E-state index in [4.69, 9.17) is 11.1 Å². The Kier molecular flexibility index (Phi) is 4.05. The quantitative estimate of drug-likeness (QED) is 0.490. The number of rotatable bonds is 4. The van der Waals surface area contributed by atoms with E-state index in [9.17, 15) is 0 Å². The predicted octanol–water partition coefficient (Wildman–Crippen LogP) is 2.96. The number of nitrogens with two attached hydrogens (primary N) is 1. The fraction of sp³-hybridized carbons (Fsp3) is 0.538. The van der Waals surface area contributed by atoms with Gasteiger partial charge in [-0.05, 0) is 37.8 Å². The van der Waals surface area contributed by atoms with Gasteiger partial charge in [0.25, 0.3) is 0 Å². The van der Waals surface area contributed by atoms with Crippen molar-refractivity contribution >= 4 is 17.6 Å². The maximum atomic E-state index is 7.47. The Labute approximate surface area is 107 Å². The largest absolute Gasteiger partial charge is 0.384 e. The van der Waals surface area contributed by atoms with Crippen LogP contribution in [0.4, 0.5) is 0 Å². The number of nitrogen functional groups attached to an aromatic ring is 1. The zero-order valence-electron chi connectivity index (χ0n) is 10.2. The minimum atomic E-state index is 0.123. The molecule has 0 atom stereocenters. The highest BCUT2D eigenvalue weighted by Gasteiger charge is 2.15. The minimum Gasteiger partial charge on any atom is -0.384 e. The van der Waals surface area contributed by atoms with E-state index in [1.54, 1.807) is 11.8 Å². The van der Waals surface area contributed by atoms with E-state index in [0.29, 0.717) is 0 Å². The molecular formula is C13H19N3S. The number of nitrogens with one attached hydrogen (secondary N) is 1. The Balaban J connectivity index is 2.01. The molecule has 0 amide bonds. The number of aromatic nitrogens is 1. The van der Waals surface area contributed by atoms with Gasteiger partial charge in [-0.3, -0.25) is 5.41 Å². The number of aryl methyl sites for hydroxylation is 1. The summed E-state index contributed by atoms with van der Waals surface area (Å²) in [5, 5.41) is 8.47. The molecule has 1 aromatic rings. The third kappa shape index (κ3) is 3.46. The molecule has 92 valence electrons. The number of hydrogen-bond acceptors (Lipinski definition) is 3. The molecule has 0 unspecified atom stereocenters. The first-order valence-corrected chi connectivity index (χ1v) is 7.09. The van der Waals surface area contributed by atoms with Crippen LogP contribution < -0.4 is 5.73 Å². The predicted molar refractivity (Wildman–Crippen MR) is 72.7 cm³/mol. The van der Waals surface area contributed by atoms with Crippen LogP contribution >= 0.6 is 11.8 Å². The Morgan fingerprint density at radius 1 is 1.47 bits per heavy atom. The smallest absolute Gasteiger partial charge is 0.122 e. The molecule has 0 bridgehead atoms. The Hall–Kier alpha value is -1.03. The Morgan fingerprint density at radius 3 is 2.82 bits per heavy atom. The SMILES string of the molecule is Cc1cc(C(=N)N)cc(SCC2CCCC2)n1.